The molecule has 1 fully saturated rings. The molecule has 2 aromatic rings. The molecule has 4 nitrogen and oxygen atoms in total. The zero-order chi connectivity index (χ0) is 26.3. The van der Waals surface area contributed by atoms with E-state index < -0.39 is 23.3 Å². The van der Waals surface area contributed by atoms with Crippen molar-refractivity contribution in [3.8, 4) is 0 Å². The second kappa shape index (κ2) is 10.3. The van der Waals surface area contributed by atoms with Gasteiger partial charge in [-0.2, -0.15) is 13.2 Å². The molecule has 0 bridgehead atoms. The average molecular weight is 558 g/mol. The largest absolute Gasteiger partial charge is 0.462 e. The number of allylic oxidation sites excluding steroid dienone is 1. The normalized spacial score (nSPS) is 20.3. The Morgan fingerprint density at radius 3 is 2.33 bits per heavy atom. The first kappa shape index (κ1) is 26.9. The summed E-state index contributed by atoms with van der Waals surface area (Å²) in [5, 5.41) is 3.09. The van der Waals surface area contributed by atoms with Gasteiger partial charge in [-0.3, -0.25) is 4.79 Å². The van der Waals surface area contributed by atoms with Crippen LogP contribution in [-0.2, 0) is 14.3 Å². The zero-order valence-electron chi connectivity index (χ0n) is 19.6. The van der Waals surface area contributed by atoms with E-state index >= 15 is 0 Å². The summed E-state index contributed by atoms with van der Waals surface area (Å²) in [6, 6.07) is 8.75. The maximum atomic E-state index is 14.7. The number of aryl methyl sites for hydroxylation is 1. The van der Waals surface area contributed by atoms with Crippen LogP contribution < -0.4 is 5.32 Å². The van der Waals surface area contributed by atoms with Crippen LogP contribution in [-0.4, -0.2) is 30.7 Å². The van der Waals surface area contributed by atoms with E-state index in [2.05, 4.69) is 5.32 Å². The number of hydrogen-bond donors (Lipinski definition) is 1. The molecular formula is C26H24Cl2F3NO3S. The van der Waals surface area contributed by atoms with Gasteiger partial charge in [-0.15, -0.1) is 0 Å². The third-order valence-electron chi connectivity index (χ3n) is 6.48. The Balaban J connectivity index is 1.77. The Bertz CT molecular complexity index is 1220. The smallest absolute Gasteiger partial charge is 0.407 e. The van der Waals surface area contributed by atoms with E-state index in [0.717, 1.165) is 19.3 Å². The number of rotatable bonds is 6. The molecule has 0 spiro atoms. The summed E-state index contributed by atoms with van der Waals surface area (Å²) in [7, 11) is 0. The van der Waals surface area contributed by atoms with Crippen molar-refractivity contribution in [2.75, 3.05) is 6.61 Å². The van der Waals surface area contributed by atoms with E-state index in [-0.39, 0.29) is 44.6 Å². The fraction of sp³-hybridized carbons (Fsp3) is 0.385. The number of carbonyl (C=O) groups excluding carboxylic acids is 2. The number of amides is 1. The summed E-state index contributed by atoms with van der Waals surface area (Å²) in [6.07, 6.45) is -2.34. The predicted molar refractivity (Wildman–Crippen MR) is 136 cm³/mol. The molecule has 0 aromatic heterocycles. The van der Waals surface area contributed by atoms with Gasteiger partial charge in [0.25, 0.3) is 5.91 Å². The van der Waals surface area contributed by atoms with Gasteiger partial charge in [0.1, 0.15) is 4.75 Å². The molecule has 0 radical (unpaired) electrons. The minimum Gasteiger partial charge on any atom is -0.462 e. The summed E-state index contributed by atoms with van der Waals surface area (Å²) in [5.41, 5.74) is 1.50. The van der Waals surface area contributed by atoms with Crippen molar-refractivity contribution in [2.24, 2.45) is 0 Å². The van der Waals surface area contributed by atoms with Gasteiger partial charge in [0.2, 0.25) is 0 Å². The number of halogens is 5. The van der Waals surface area contributed by atoms with Crippen molar-refractivity contribution < 1.29 is 27.5 Å². The van der Waals surface area contributed by atoms with Crippen LogP contribution in [0, 0.1) is 6.92 Å². The summed E-state index contributed by atoms with van der Waals surface area (Å²) >= 11 is 12.5. The van der Waals surface area contributed by atoms with E-state index in [0.29, 0.717) is 28.5 Å². The Morgan fingerprint density at radius 1 is 1.14 bits per heavy atom. The van der Waals surface area contributed by atoms with E-state index in [1.54, 1.807) is 32.0 Å². The van der Waals surface area contributed by atoms with Gasteiger partial charge in [0.15, 0.2) is 0 Å². The van der Waals surface area contributed by atoms with Crippen molar-refractivity contribution in [1.29, 1.82) is 0 Å². The number of benzene rings is 2. The van der Waals surface area contributed by atoms with Gasteiger partial charge in [-0.25, -0.2) is 4.79 Å². The maximum Gasteiger partial charge on any atom is 0.407 e. The number of esters is 1. The molecule has 1 heterocycles. The SMILES string of the molecule is CCOC(=O)C1=C(c2ccc(C(=O)NC3CCC3)c(C)c2)CC(c2cc(Cl)cc(Cl)c2)(C(F)(F)F)S1. The monoisotopic (exact) mass is 557 g/mol. The third kappa shape index (κ3) is 5.13. The standard InChI is InChI=1S/C26H24Cl2F3NO3S/c1-3-35-24(34)22-21(15-7-8-20(14(2)9-15)23(33)32-19-5-4-6-19)13-25(36-22,26(29,30)31)16-10-17(27)12-18(28)11-16/h7-12,19H,3-6,13H2,1-2H3,(H,32,33). The molecule has 36 heavy (non-hydrogen) atoms. The average Bonchev–Trinajstić information content (AvgIpc) is 3.18. The molecular weight excluding hydrogens is 534 g/mol. The quantitative estimate of drug-likeness (QED) is 0.374. The van der Waals surface area contributed by atoms with Gasteiger partial charge in [-0.05, 0) is 79.6 Å². The molecule has 1 unspecified atom stereocenters. The summed E-state index contributed by atoms with van der Waals surface area (Å²) in [5.74, 6) is -1.05. The first-order chi connectivity index (χ1) is 16.9. The van der Waals surface area contributed by atoms with Crippen LogP contribution >= 0.6 is 35.0 Å². The second-order valence-electron chi connectivity index (χ2n) is 8.92. The summed E-state index contributed by atoms with van der Waals surface area (Å²) < 4.78 is 46.9. The van der Waals surface area contributed by atoms with E-state index in [4.69, 9.17) is 27.9 Å². The Labute approximate surface area is 221 Å². The number of ether oxygens (including phenoxy) is 1. The molecule has 1 amide bonds. The van der Waals surface area contributed by atoms with Gasteiger partial charge in [0.05, 0.1) is 11.5 Å². The lowest BCUT2D eigenvalue weighted by atomic mass is 9.86. The second-order valence-corrected chi connectivity index (χ2v) is 11.1. The highest BCUT2D eigenvalue weighted by Crippen LogP contribution is 2.63. The lowest BCUT2D eigenvalue weighted by Gasteiger charge is -2.32. The first-order valence-electron chi connectivity index (χ1n) is 11.5. The van der Waals surface area contributed by atoms with Gasteiger partial charge in [0, 0.05) is 28.1 Å². The fourth-order valence-electron chi connectivity index (χ4n) is 4.39. The number of carbonyl (C=O) groups is 2. The van der Waals surface area contributed by atoms with Crippen molar-refractivity contribution in [2.45, 2.75) is 56.5 Å². The molecule has 10 heteroatoms. The van der Waals surface area contributed by atoms with Crippen LogP contribution in [0.2, 0.25) is 10.0 Å². The molecule has 1 aliphatic heterocycles. The molecule has 1 saturated carbocycles. The number of hydrogen-bond acceptors (Lipinski definition) is 4. The predicted octanol–water partition coefficient (Wildman–Crippen LogP) is 7.45. The lowest BCUT2D eigenvalue weighted by molar-refractivity contribution is -0.160. The lowest BCUT2D eigenvalue weighted by Crippen LogP contribution is -2.39. The number of thioether (sulfide) groups is 1. The molecule has 0 saturated heterocycles. The molecule has 1 N–H and O–H groups in total. The van der Waals surface area contributed by atoms with Crippen molar-refractivity contribution in [3.63, 3.8) is 0 Å². The fourth-order valence-corrected chi connectivity index (χ4v) is 6.29. The Hall–Kier alpha value is -2.16. The van der Waals surface area contributed by atoms with Gasteiger partial charge >= 0.3 is 12.1 Å². The van der Waals surface area contributed by atoms with E-state index in [1.807, 2.05) is 0 Å². The minimum atomic E-state index is -4.75. The highest BCUT2D eigenvalue weighted by molar-refractivity contribution is 8.05. The van der Waals surface area contributed by atoms with Crippen molar-refractivity contribution in [1.82, 2.24) is 5.32 Å². The summed E-state index contributed by atoms with van der Waals surface area (Å²) in [6.45, 7) is 3.32. The Kier molecular flexibility index (Phi) is 7.70. The molecule has 192 valence electrons. The maximum absolute atomic E-state index is 14.7. The zero-order valence-corrected chi connectivity index (χ0v) is 21.9. The summed E-state index contributed by atoms with van der Waals surface area (Å²) in [4.78, 5) is 25.4. The van der Waals surface area contributed by atoms with Crippen LogP contribution in [0.3, 0.4) is 0 Å². The van der Waals surface area contributed by atoms with Crippen LogP contribution in [0.4, 0.5) is 13.2 Å². The molecule has 4 rings (SSSR count). The number of alkyl halides is 3. The topological polar surface area (TPSA) is 55.4 Å². The number of nitrogens with one attached hydrogen (secondary N) is 1. The van der Waals surface area contributed by atoms with Crippen LogP contribution in [0.1, 0.15) is 59.7 Å². The highest BCUT2D eigenvalue weighted by Gasteiger charge is 2.61. The minimum absolute atomic E-state index is 0.0114. The van der Waals surface area contributed by atoms with Crippen LogP contribution in [0.15, 0.2) is 41.3 Å². The van der Waals surface area contributed by atoms with Crippen molar-refractivity contribution in [3.05, 3.63) is 73.6 Å². The molecule has 1 atom stereocenters. The van der Waals surface area contributed by atoms with Crippen LogP contribution in [0.25, 0.3) is 5.57 Å². The first-order valence-corrected chi connectivity index (χ1v) is 13.1. The van der Waals surface area contributed by atoms with Gasteiger partial charge < -0.3 is 10.1 Å². The van der Waals surface area contributed by atoms with Crippen LogP contribution in [0.5, 0.6) is 0 Å². The van der Waals surface area contributed by atoms with E-state index in [9.17, 15) is 22.8 Å². The highest BCUT2D eigenvalue weighted by atomic mass is 35.5. The molecule has 1 aliphatic carbocycles. The third-order valence-corrected chi connectivity index (χ3v) is 8.50. The Morgan fingerprint density at radius 2 is 1.81 bits per heavy atom. The molecule has 2 aromatic carbocycles. The van der Waals surface area contributed by atoms with E-state index in [1.165, 1.54) is 18.2 Å². The van der Waals surface area contributed by atoms with Crippen molar-refractivity contribution >= 4 is 52.4 Å². The van der Waals surface area contributed by atoms with Gasteiger partial charge in [-0.1, -0.05) is 47.1 Å². The molecule has 2 aliphatic rings.